The van der Waals surface area contributed by atoms with Gasteiger partial charge in [-0.15, -0.1) is 0 Å². The highest BCUT2D eigenvalue weighted by atomic mass is 16.2. The van der Waals surface area contributed by atoms with Crippen LogP contribution in [0.4, 0.5) is 0 Å². The molecule has 1 aromatic rings. The van der Waals surface area contributed by atoms with Crippen LogP contribution in [0.1, 0.15) is 49.8 Å². The molecule has 1 N–H and O–H groups in total. The van der Waals surface area contributed by atoms with Gasteiger partial charge in [0.1, 0.15) is 11.9 Å². The number of carbonyl (C=O) groups is 2. The molecule has 7 nitrogen and oxygen atoms in total. The maximum atomic E-state index is 13.2. The molecule has 4 rings (SSSR count). The monoisotopic (exact) mass is 353 g/mol. The summed E-state index contributed by atoms with van der Waals surface area (Å²) in [4.78, 5) is 36.1. The number of aromatic nitrogens is 2. The van der Waals surface area contributed by atoms with Crippen LogP contribution in [0.2, 0.25) is 0 Å². The van der Waals surface area contributed by atoms with Crippen LogP contribution < -0.4 is 5.32 Å². The summed E-state index contributed by atoms with van der Waals surface area (Å²) in [6.45, 7) is 1.15. The first-order chi connectivity index (χ1) is 12.6. The highest BCUT2D eigenvalue weighted by molar-refractivity contribution is 5.88. The second-order valence-corrected chi connectivity index (χ2v) is 7.69. The van der Waals surface area contributed by atoms with Gasteiger partial charge in [0.05, 0.1) is 11.8 Å². The van der Waals surface area contributed by atoms with Crippen LogP contribution in [0.25, 0.3) is 0 Å². The SMILES string of the molecule is N#CC1(NC(=O)[C@@H]2CCCC[C@H]2C(=O)N2CCc3ncncc3C2)CC1. The molecule has 1 aromatic heterocycles. The first-order valence-electron chi connectivity index (χ1n) is 9.42. The lowest BCUT2D eigenvalue weighted by Gasteiger charge is -2.36. The van der Waals surface area contributed by atoms with E-state index in [1.54, 1.807) is 12.5 Å². The molecule has 0 unspecified atom stereocenters. The standard InChI is InChI=1S/C19H23N5O2/c20-11-19(6-7-19)23-17(25)14-3-1-2-4-15(14)18(26)24-8-5-16-13(10-24)9-21-12-22-16/h9,12,14-15H,1-8,10H2,(H,23,25)/t14-,15-/m1/s1. The zero-order valence-corrected chi connectivity index (χ0v) is 14.8. The van der Waals surface area contributed by atoms with Crippen LogP contribution in [0.5, 0.6) is 0 Å². The van der Waals surface area contributed by atoms with Crippen molar-refractivity contribution in [2.24, 2.45) is 11.8 Å². The average Bonchev–Trinajstić information content (AvgIpc) is 3.47. The molecule has 3 aliphatic rings. The number of hydrogen-bond donors (Lipinski definition) is 1. The lowest BCUT2D eigenvalue weighted by molar-refractivity contribution is -0.144. The maximum Gasteiger partial charge on any atom is 0.226 e. The fraction of sp³-hybridized carbons (Fsp3) is 0.632. The Kier molecular flexibility index (Phi) is 4.35. The molecule has 2 amide bonds. The summed E-state index contributed by atoms with van der Waals surface area (Å²) in [7, 11) is 0. The van der Waals surface area contributed by atoms with Gasteiger partial charge in [0.25, 0.3) is 0 Å². The largest absolute Gasteiger partial charge is 0.338 e. The van der Waals surface area contributed by atoms with Gasteiger partial charge in [0.2, 0.25) is 11.8 Å². The molecular weight excluding hydrogens is 330 g/mol. The van der Waals surface area contributed by atoms with Crippen LogP contribution >= 0.6 is 0 Å². The molecule has 2 heterocycles. The molecule has 0 aromatic carbocycles. The highest BCUT2D eigenvalue weighted by Crippen LogP contribution is 2.37. The molecule has 0 spiro atoms. The molecule has 0 radical (unpaired) electrons. The van der Waals surface area contributed by atoms with Crippen LogP contribution in [0, 0.1) is 23.2 Å². The number of nitriles is 1. The van der Waals surface area contributed by atoms with E-state index in [4.69, 9.17) is 0 Å². The normalized spacial score (nSPS) is 26.3. The second kappa shape index (κ2) is 6.67. The Morgan fingerprint density at radius 1 is 1.27 bits per heavy atom. The van der Waals surface area contributed by atoms with Crippen molar-refractivity contribution in [2.45, 2.75) is 57.0 Å². The van der Waals surface area contributed by atoms with E-state index >= 15 is 0 Å². The number of rotatable bonds is 3. The number of carbonyl (C=O) groups excluding carboxylic acids is 2. The summed E-state index contributed by atoms with van der Waals surface area (Å²) in [5, 5.41) is 12.1. The van der Waals surface area contributed by atoms with Crippen molar-refractivity contribution in [3.05, 3.63) is 23.8 Å². The van der Waals surface area contributed by atoms with Crippen LogP contribution in [-0.4, -0.2) is 38.8 Å². The van der Waals surface area contributed by atoms with Crippen LogP contribution in [-0.2, 0) is 22.6 Å². The Bertz CT molecular complexity index is 767. The highest BCUT2D eigenvalue weighted by Gasteiger charge is 2.47. The predicted molar refractivity (Wildman–Crippen MR) is 92.3 cm³/mol. The Balaban J connectivity index is 1.47. The Morgan fingerprint density at radius 2 is 2.04 bits per heavy atom. The van der Waals surface area contributed by atoms with Crippen molar-refractivity contribution in [1.82, 2.24) is 20.2 Å². The molecule has 1 aliphatic heterocycles. The smallest absolute Gasteiger partial charge is 0.226 e. The first kappa shape index (κ1) is 17.0. The predicted octanol–water partition coefficient (Wildman–Crippen LogP) is 1.34. The van der Waals surface area contributed by atoms with E-state index in [9.17, 15) is 14.9 Å². The van der Waals surface area contributed by atoms with E-state index in [-0.39, 0.29) is 23.7 Å². The van der Waals surface area contributed by atoms with Crippen LogP contribution in [0.15, 0.2) is 12.5 Å². The Morgan fingerprint density at radius 3 is 2.77 bits per heavy atom. The number of hydrogen-bond acceptors (Lipinski definition) is 5. The van der Waals surface area contributed by atoms with Crippen molar-refractivity contribution in [3.63, 3.8) is 0 Å². The van der Waals surface area contributed by atoms with Crippen molar-refractivity contribution in [1.29, 1.82) is 5.26 Å². The van der Waals surface area contributed by atoms with Gasteiger partial charge in [0.15, 0.2) is 0 Å². The molecule has 2 aliphatic carbocycles. The summed E-state index contributed by atoms with van der Waals surface area (Å²) in [6.07, 6.45) is 8.85. The second-order valence-electron chi connectivity index (χ2n) is 7.69. The number of amides is 2. The number of fused-ring (bicyclic) bond motifs is 1. The lowest BCUT2D eigenvalue weighted by atomic mass is 9.77. The molecule has 2 fully saturated rings. The van der Waals surface area contributed by atoms with E-state index in [1.165, 1.54) is 0 Å². The molecule has 26 heavy (non-hydrogen) atoms. The number of nitrogens with zero attached hydrogens (tertiary/aromatic N) is 4. The third-order valence-corrected chi connectivity index (χ3v) is 5.92. The van der Waals surface area contributed by atoms with Gasteiger partial charge in [-0.3, -0.25) is 9.59 Å². The van der Waals surface area contributed by atoms with Crippen molar-refractivity contribution >= 4 is 11.8 Å². The van der Waals surface area contributed by atoms with Crippen LogP contribution in [0.3, 0.4) is 0 Å². The molecular formula is C19H23N5O2. The Hall–Kier alpha value is -2.49. The molecule has 136 valence electrons. The molecule has 2 saturated carbocycles. The van der Waals surface area contributed by atoms with Crippen molar-refractivity contribution in [2.75, 3.05) is 6.54 Å². The summed E-state index contributed by atoms with van der Waals surface area (Å²) in [6, 6.07) is 2.20. The lowest BCUT2D eigenvalue weighted by Crippen LogP contribution is -2.48. The fourth-order valence-corrected chi connectivity index (χ4v) is 4.15. The van der Waals surface area contributed by atoms with E-state index in [0.29, 0.717) is 25.9 Å². The van der Waals surface area contributed by atoms with E-state index in [0.717, 1.165) is 43.4 Å². The zero-order chi connectivity index (χ0) is 18.1. The van der Waals surface area contributed by atoms with E-state index in [2.05, 4.69) is 21.4 Å². The minimum absolute atomic E-state index is 0.0566. The van der Waals surface area contributed by atoms with Gasteiger partial charge < -0.3 is 10.2 Å². The topological polar surface area (TPSA) is 99.0 Å². The van der Waals surface area contributed by atoms with Crippen molar-refractivity contribution in [3.8, 4) is 6.07 Å². The molecule has 0 saturated heterocycles. The van der Waals surface area contributed by atoms with E-state index < -0.39 is 5.54 Å². The molecule has 0 bridgehead atoms. The average molecular weight is 353 g/mol. The third-order valence-electron chi connectivity index (χ3n) is 5.92. The Labute approximate surface area is 152 Å². The zero-order valence-electron chi connectivity index (χ0n) is 14.8. The fourth-order valence-electron chi connectivity index (χ4n) is 4.15. The van der Waals surface area contributed by atoms with Gasteiger partial charge in [-0.2, -0.15) is 5.26 Å². The van der Waals surface area contributed by atoms with Gasteiger partial charge in [-0.05, 0) is 25.7 Å². The summed E-state index contributed by atoms with van der Waals surface area (Å²) in [5.74, 6) is -0.677. The summed E-state index contributed by atoms with van der Waals surface area (Å²) < 4.78 is 0. The number of nitrogens with one attached hydrogen (secondary N) is 1. The molecule has 7 heteroatoms. The van der Waals surface area contributed by atoms with Crippen molar-refractivity contribution < 1.29 is 9.59 Å². The summed E-state index contributed by atoms with van der Waals surface area (Å²) >= 11 is 0. The van der Waals surface area contributed by atoms with Gasteiger partial charge in [-0.25, -0.2) is 9.97 Å². The molecule has 2 atom stereocenters. The van der Waals surface area contributed by atoms with Gasteiger partial charge >= 0.3 is 0 Å². The maximum absolute atomic E-state index is 13.2. The minimum Gasteiger partial charge on any atom is -0.338 e. The summed E-state index contributed by atoms with van der Waals surface area (Å²) in [5.41, 5.74) is 1.32. The first-order valence-corrected chi connectivity index (χ1v) is 9.42. The van der Waals surface area contributed by atoms with Gasteiger partial charge in [0, 0.05) is 43.1 Å². The van der Waals surface area contributed by atoms with E-state index in [1.807, 2.05) is 4.90 Å². The third kappa shape index (κ3) is 3.16. The minimum atomic E-state index is -0.677. The quantitative estimate of drug-likeness (QED) is 0.884. The van der Waals surface area contributed by atoms with Gasteiger partial charge in [-0.1, -0.05) is 12.8 Å².